The zero-order chi connectivity index (χ0) is 26.9. The van der Waals surface area contributed by atoms with Crippen LogP contribution in [0.1, 0.15) is 58.6 Å². The summed E-state index contributed by atoms with van der Waals surface area (Å²) in [5, 5.41) is 4.25. The number of aromatic nitrogens is 1. The highest BCUT2D eigenvalue weighted by molar-refractivity contribution is 7.15. The molecule has 2 amide bonds. The molecule has 2 aromatic carbocycles. The topological polar surface area (TPSA) is 63.6 Å². The highest BCUT2D eigenvalue weighted by Crippen LogP contribution is 2.44. The van der Waals surface area contributed by atoms with Gasteiger partial charge in [0.15, 0.2) is 0 Å². The molecule has 6 rings (SSSR count). The average Bonchev–Trinajstić information content (AvgIpc) is 3.52. The summed E-state index contributed by atoms with van der Waals surface area (Å²) in [6.07, 6.45) is 6.70. The van der Waals surface area contributed by atoms with Gasteiger partial charge in [-0.3, -0.25) is 4.79 Å². The molecule has 1 aliphatic carbocycles. The largest absolute Gasteiger partial charge is 0.466 e. The fraction of sp³-hybridized carbons (Fsp3) is 0.290. The van der Waals surface area contributed by atoms with Crippen LogP contribution in [-0.2, 0) is 35.3 Å². The van der Waals surface area contributed by atoms with Gasteiger partial charge in [0, 0.05) is 22.3 Å². The molecule has 0 spiro atoms. The van der Waals surface area contributed by atoms with Crippen LogP contribution in [0.5, 0.6) is 0 Å². The van der Waals surface area contributed by atoms with E-state index < -0.39 is 6.04 Å². The Labute approximate surface area is 231 Å². The van der Waals surface area contributed by atoms with Gasteiger partial charge in [-0.25, -0.2) is 9.18 Å². The number of nitrogens with zero attached hydrogens (tertiary/aromatic N) is 2. The monoisotopic (exact) mass is 543 g/mol. The zero-order valence-corrected chi connectivity index (χ0v) is 22.6. The summed E-state index contributed by atoms with van der Waals surface area (Å²) in [6.45, 7) is 2.58. The van der Waals surface area contributed by atoms with Gasteiger partial charge in [-0.1, -0.05) is 24.3 Å². The lowest BCUT2D eigenvalue weighted by molar-refractivity contribution is -0.142. The molecule has 0 unspecified atom stereocenters. The van der Waals surface area contributed by atoms with Crippen LogP contribution in [0.4, 0.5) is 14.9 Å². The molecule has 1 atom stereocenters. The number of halogens is 1. The number of ether oxygens (including phenoxy) is 1. The Balaban J connectivity index is 1.36. The van der Waals surface area contributed by atoms with Crippen LogP contribution in [0.25, 0.3) is 5.00 Å². The molecule has 2 aliphatic rings. The van der Waals surface area contributed by atoms with Crippen molar-refractivity contribution in [3.05, 3.63) is 106 Å². The Kier molecular flexibility index (Phi) is 6.95. The molecule has 0 radical (unpaired) electrons. The minimum atomic E-state index is -0.400. The lowest BCUT2D eigenvalue weighted by atomic mass is 9.95. The van der Waals surface area contributed by atoms with E-state index in [9.17, 15) is 14.0 Å². The fourth-order valence-corrected chi connectivity index (χ4v) is 7.07. The lowest BCUT2D eigenvalue weighted by Gasteiger charge is -2.31. The number of carbonyl (C=O) groups excluding carboxylic acids is 2. The van der Waals surface area contributed by atoms with Crippen molar-refractivity contribution in [2.75, 3.05) is 11.9 Å². The van der Waals surface area contributed by atoms with Gasteiger partial charge in [-0.2, -0.15) is 0 Å². The molecule has 2 aromatic heterocycles. The molecule has 39 heavy (non-hydrogen) atoms. The number of carbonyl (C=O) groups is 2. The number of hydrogen-bond donors (Lipinski definition) is 1. The van der Waals surface area contributed by atoms with E-state index in [1.807, 2.05) is 40.5 Å². The highest BCUT2D eigenvalue weighted by Gasteiger charge is 2.36. The molecule has 0 bridgehead atoms. The number of anilines is 1. The summed E-state index contributed by atoms with van der Waals surface area (Å²) in [6, 6.07) is 17.1. The van der Waals surface area contributed by atoms with Crippen molar-refractivity contribution < 1.29 is 18.7 Å². The normalized spacial score (nSPS) is 16.1. The molecule has 1 N–H and O–H groups in total. The van der Waals surface area contributed by atoms with Crippen LogP contribution in [0.2, 0.25) is 0 Å². The summed E-state index contributed by atoms with van der Waals surface area (Å²) in [4.78, 5) is 29.1. The van der Waals surface area contributed by atoms with Crippen LogP contribution < -0.4 is 5.32 Å². The maximum atomic E-state index is 14.0. The number of esters is 1. The maximum Gasteiger partial charge on any atom is 0.322 e. The minimum absolute atomic E-state index is 0.184. The standard InChI is InChI=1S/C31H30FN3O3S/c1-2-38-28(36)18-20-9-15-23(16-10-20)33-31(37)35-19-25-24-6-3-4-8-27(24)39-30(25)34-17-5-7-26(34)29(35)21-11-13-22(32)14-12-21/h5,7,9-17,29H,2-4,6,8,18-19H2,1H3,(H,33,37)/t29-/m0/s1. The number of aryl methyl sites for hydroxylation is 1. The Bertz CT molecular complexity index is 1510. The van der Waals surface area contributed by atoms with Gasteiger partial charge in [-0.05, 0) is 85.7 Å². The molecular formula is C31H30FN3O3S. The van der Waals surface area contributed by atoms with Crippen LogP contribution >= 0.6 is 11.3 Å². The second-order valence-electron chi connectivity index (χ2n) is 9.99. The summed E-state index contributed by atoms with van der Waals surface area (Å²) in [5.41, 5.74) is 5.85. The van der Waals surface area contributed by atoms with Crippen LogP contribution in [-0.4, -0.2) is 28.1 Å². The number of hydrogen-bond acceptors (Lipinski definition) is 4. The van der Waals surface area contributed by atoms with Crippen LogP contribution in [0.15, 0.2) is 66.9 Å². The predicted octanol–water partition coefficient (Wildman–Crippen LogP) is 6.80. The second kappa shape index (κ2) is 10.7. The van der Waals surface area contributed by atoms with Crippen molar-refractivity contribution in [2.24, 2.45) is 0 Å². The Morgan fingerprint density at radius 2 is 1.79 bits per heavy atom. The maximum absolute atomic E-state index is 14.0. The Morgan fingerprint density at radius 3 is 2.56 bits per heavy atom. The summed E-state index contributed by atoms with van der Waals surface area (Å²) in [7, 11) is 0. The van der Waals surface area contributed by atoms with E-state index in [0.29, 0.717) is 18.8 Å². The zero-order valence-electron chi connectivity index (χ0n) is 21.8. The van der Waals surface area contributed by atoms with Gasteiger partial charge in [0.25, 0.3) is 0 Å². The van der Waals surface area contributed by atoms with E-state index in [4.69, 9.17) is 4.74 Å². The van der Waals surface area contributed by atoms with Crippen molar-refractivity contribution in [3.8, 4) is 5.00 Å². The molecule has 4 aromatic rings. The van der Waals surface area contributed by atoms with Crippen LogP contribution in [0, 0.1) is 5.82 Å². The van der Waals surface area contributed by atoms with Crippen molar-refractivity contribution in [1.29, 1.82) is 0 Å². The van der Waals surface area contributed by atoms with E-state index >= 15 is 0 Å². The summed E-state index contributed by atoms with van der Waals surface area (Å²) >= 11 is 1.83. The third-order valence-corrected chi connectivity index (χ3v) is 8.82. The average molecular weight is 544 g/mol. The third-order valence-electron chi connectivity index (χ3n) is 7.48. The molecule has 6 nitrogen and oxygen atoms in total. The number of thiophene rings is 1. The fourth-order valence-electron chi connectivity index (χ4n) is 5.66. The molecule has 0 saturated heterocycles. The second-order valence-corrected chi connectivity index (χ2v) is 11.1. The molecule has 1 aliphatic heterocycles. The van der Waals surface area contributed by atoms with Gasteiger partial charge in [0.2, 0.25) is 0 Å². The molecule has 8 heteroatoms. The van der Waals surface area contributed by atoms with Gasteiger partial charge < -0.3 is 19.5 Å². The molecule has 0 saturated carbocycles. The lowest BCUT2D eigenvalue weighted by Crippen LogP contribution is -2.38. The minimum Gasteiger partial charge on any atom is -0.466 e. The predicted molar refractivity (Wildman–Crippen MR) is 150 cm³/mol. The van der Waals surface area contributed by atoms with Gasteiger partial charge in [0.1, 0.15) is 10.8 Å². The van der Waals surface area contributed by atoms with E-state index in [-0.39, 0.29) is 24.2 Å². The smallest absolute Gasteiger partial charge is 0.322 e. The summed E-state index contributed by atoms with van der Waals surface area (Å²) in [5.74, 6) is -0.589. The third kappa shape index (κ3) is 4.96. The quantitative estimate of drug-likeness (QED) is 0.282. The van der Waals surface area contributed by atoms with Crippen molar-refractivity contribution in [3.63, 3.8) is 0 Å². The van der Waals surface area contributed by atoms with Crippen molar-refractivity contribution >= 4 is 29.0 Å². The molecule has 0 fully saturated rings. The first kappa shape index (κ1) is 25.4. The Morgan fingerprint density at radius 1 is 1.03 bits per heavy atom. The highest BCUT2D eigenvalue weighted by atomic mass is 32.1. The first-order valence-corrected chi connectivity index (χ1v) is 14.2. The van der Waals surface area contributed by atoms with E-state index in [0.717, 1.165) is 36.1 Å². The first-order chi connectivity index (χ1) is 19.0. The summed E-state index contributed by atoms with van der Waals surface area (Å²) < 4.78 is 21.1. The van der Waals surface area contributed by atoms with E-state index in [1.54, 1.807) is 31.2 Å². The number of fused-ring (bicyclic) bond motifs is 5. The number of rotatable bonds is 5. The van der Waals surface area contributed by atoms with Crippen molar-refractivity contribution in [2.45, 2.75) is 51.6 Å². The van der Waals surface area contributed by atoms with E-state index in [2.05, 4.69) is 16.1 Å². The van der Waals surface area contributed by atoms with Gasteiger partial charge >= 0.3 is 12.0 Å². The number of nitrogens with one attached hydrogen (secondary N) is 1. The Hall–Kier alpha value is -3.91. The molecule has 3 heterocycles. The molecular weight excluding hydrogens is 513 g/mol. The van der Waals surface area contributed by atoms with Crippen molar-refractivity contribution in [1.82, 2.24) is 9.47 Å². The van der Waals surface area contributed by atoms with E-state index in [1.165, 1.54) is 39.6 Å². The number of amides is 2. The number of urea groups is 1. The number of benzene rings is 2. The SMILES string of the molecule is CCOC(=O)Cc1ccc(NC(=O)N2Cc3c(sc4c3CCCC4)-n3cccc3[C@@H]2c2ccc(F)cc2)cc1. The van der Waals surface area contributed by atoms with Gasteiger partial charge in [0.05, 0.1) is 31.3 Å². The molecule has 200 valence electrons. The van der Waals surface area contributed by atoms with Gasteiger partial charge in [-0.15, -0.1) is 11.3 Å². The first-order valence-electron chi connectivity index (χ1n) is 13.4. The van der Waals surface area contributed by atoms with Crippen LogP contribution in [0.3, 0.4) is 0 Å².